The number of carbonyl (C=O) groups is 1. The van der Waals surface area contributed by atoms with Gasteiger partial charge in [-0.15, -0.1) is 11.8 Å². The Morgan fingerprint density at radius 1 is 1.52 bits per heavy atom. The van der Waals surface area contributed by atoms with E-state index in [1.165, 1.54) is 0 Å². The largest absolute Gasteiger partial charge is 0.444 e. The Morgan fingerprint density at radius 3 is 2.95 bits per heavy atom. The number of piperidine rings is 1. The number of thioether (sulfide) groups is 1. The molecule has 1 amide bonds. The first-order valence-electron chi connectivity index (χ1n) is 6.96. The predicted octanol–water partition coefficient (Wildman–Crippen LogP) is 3.62. The zero-order valence-corrected chi connectivity index (χ0v) is 14.1. The third-order valence-corrected chi connectivity index (χ3v) is 4.29. The SMILES string of the molecule is CC(C)(C)OC(=O)N1CCC[C@H](Sc2ccnc(Cl)n2)C1. The minimum Gasteiger partial charge on any atom is -0.444 e. The van der Waals surface area contributed by atoms with Gasteiger partial charge in [0.05, 0.1) is 0 Å². The van der Waals surface area contributed by atoms with Crippen LogP contribution in [0.4, 0.5) is 4.79 Å². The van der Waals surface area contributed by atoms with Gasteiger partial charge in [0.15, 0.2) is 0 Å². The van der Waals surface area contributed by atoms with E-state index < -0.39 is 5.60 Å². The summed E-state index contributed by atoms with van der Waals surface area (Å²) in [6, 6.07) is 1.84. The van der Waals surface area contributed by atoms with Crippen LogP contribution in [0.25, 0.3) is 0 Å². The lowest BCUT2D eigenvalue weighted by Crippen LogP contribution is -2.43. The lowest BCUT2D eigenvalue weighted by atomic mass is 10.1. The molecule has 7 heteroatoms. The molecule has 21 heavy (non-hydrogen) atoms. The van der Waals surface area contributed by atoms with Gasteiger partial charge in [-0.1, -0.05) is 0 Å². The van der Waals surface area contributed by atoms with Gasteiger partial charge in [0.25, 0.3) is 0 Å². The van der Waals surface area contributed by atoms with Crippen LogP contribution in [0.15, 0.2) is 17.3 Å². The van der Waals surface area contributed by atoms with Crippen molar-refractivity contribution >= 4 is 29.5 Å². The molecule has 0 aliphatic carbocycles. The Labute approximate surface area is 134 Å². The van der Waals surface area contributed by atoms with Gasteiger partial charge < -0.3 is 9.64 Å². The number of carbonyl (C=O) groups excluding carboxylic acids is 1. The van der Waals surface area contributed by atoms with Crippen molar-refractivity contribution in [1.29, 1.82) is 0 Å². The summed E-state index contributed by atoms with van der Waals surface area (Å²) < 4.78 is 5.43. The van der Waals surface area contributed by atoms with Crippen LogP contribution in [-0.4, -0.2) is 44.9 Å². The summed E-state index contributed by atoms with van der Waals surface area (Å²) in [7, 11) is 0. The number of hydrogen-bond donors (Lipinski definition) is 0. The van der Waals surface area contributed by atoms with E-state index in [0.29, 0.717) is 11.8 Å². The Morgan fingerprint density at radius 2 is 2.29 bits per heavy atom. The lowest BCUT2D eigenvalue weighted by molar-refractivity contribution is 0.0220. The first-order valence-corrected chi connectivity index (χ1v) is 8.22. The average molecular weight is 330 g/mol. The maximum atomic E-state index is 12.1. The standard InChI is InChI=1S/C14H20ClN3O2S/c1-14(2,3)20-13(19)18-8-4-5-10(9-18)21-11-6-7-16-12(15)17-11/h6-7,10H,4-5,8-9H2,1-3H3/t10-/m0/s1. The van der Waals surface area contributed by atoms with Crippen molar-refractivity contribution in [3.63, 3.8) is 0 Å². The van der Waals surface area contributed by atoms with E-state index in [1.54, 1.807) is 22.9 Å². The highest BCUT2D eigenvalue weighted by Crippen LogP contribution is 2.29. The van der Waals surface area contributed by atoms with Crippen LogP contribution in [0, 0.1) is 0 Å². The van der Waals surface area contributed by atoms with E-state index in [9.17, 15) is 4.79 Å². The highest BCUT2D eigenvalue weighted by atomic mass is 35.5. The molecule has 0 N–H and O–H groups in total. The van der Waals surface area contributed by atoms with Crippen LogP contribution in [0.3, 0.4) is 0 Å². The van der Waals surface area contributed by atoms with Crippen molar-refractivity contribution < 1.29 is 9.53 Å². The van der Waals surface area contributed by atoms with Crippen LogP contribution in [0.2, 0.25) is 5.28 Å². The fourth-order valence-corrected chi connectivity index (χ4v) is 3.44. The summed E-state index contributed by atoms with van der Waals surface area (Å²) in [4.78, 5) is 21.9. The molecular weight excluding hydrogens is 310 g/mol. The summed E-state index contributed by atoms with van der Waals surface area (Å²) in [5.41, 5.74) is -0.461. The first kappa shape index (κ1) is 16.4. The molecule has 0 spiro atoms. The van der Waals surface area contributed by atoms with Gasteiger partial charge in [-0.05, 0) is 51.3 Å². The van der Waals surface area contributed by atoms with Gasteiger partial charge in [-0.3, -0.25) is 0 Å². The van der Waals surface area contributed by atoms with Gasteiger partial charge in [0.1, 0.15) is 10.6 Å². The van der Waals surface area contributed by atoms with Crippen LogP contribution >= 0.6 is 23.4 Å². The summed E-state index contributed by atoms with van der Waals surface area (Å²) in [5.74, 6) is 0. The second-order valence-corrected chi connectivity index (χ2v) is 7.63. The van der Waals surface area contributed by atoms with Crippen molar-refractivity contribution in [2.75, 3.05) is 13.1 Å². The molecule has 2 rings (SSSR count). The minimum atomic E-state index is -0.461. The van der Waals surface area contributed by atoms with Gasteiger partial charge >= 0.3 is 6.09 Å². The number of nitrogens with zero attached hydrogens (tertiary/aromatic N) is 3. The van der Waals surface area contributed by atoms with Gasteiger partial charge in [-0.2, -0.15) is 0 Å². The molecule has 0 saturated carbocycles. The number of rotatable bonds is 2. The molecule has 0 unspecified atom stereocenters. The second kappa shape index (κ2) is 6.83. The molecular formula is C14H20ClN3O2S. The highest BCUT2D eigenvalue weighted by Gasteiger charge is 2.28. The zero-order chi connectivity index (χ0) is 15.5. The maximum Gasteiger partial charge on any atom is 0.410 e. The summed E-state index contributed by atoms with van der Waals surface area (Å²) >= 11 is 7.43. The monoisotopic (exact) mass is 329 g/mol. The molecule has 5 nitrogen and oxygen atoms in total. The molecule has 1 aromatic heterocycles. The fraction of sp³-hybridized carbons (Fsp3) is 0.643. The summed E-state index contributed by atoms with van der Waals surface area (Å²) in [6.45, 7) is 7.05. The quantitative estimate of drug-likeness (QED) is 0.612. The maximum absolute atomic E-state index is 12.1. The molecule has 1 saturated heterocycles. The molecule has 0 bridgehead atoms. The van der Waals surface area contributed by atoms with E-state index in [1.807, 2.05) is 26.8 Å². The smallest absolute Gasteiger partial charge is 0.410 e. The Bertz CT molecular complexity index is 507. The van der Waals surface area contributed by atoms with Crippen molar-refractivity contribution in [1.82, 2.24) is 14.9 Å². The van der Waals surface area contributed by atoms with E-state index in [2.05, 4.69) is 9.97 Å². The predicted molar refractivity (Wildman–Crippen MR) is 83.7 cm³/mol. The van der Waals surface area contributed by atoms with Crippen molar-refractivity contribution in [3.8, 4) is 0 Å². The molecule has 2 heterocycles. The molecule has 1 atom stereocenters. The van der Waals surface area contributed by atoms with Gasteiger partial charge in [0.2, 0.25) is 5.28 Å². The number of likely N-dealkylation sites (tertiary alicyclic amines) is 1. The average Bonchev–Trinajstić information content (AvgIpc) is 2.37. The first-order chi connectivity index (χ1) is 9.83. The number of halogens is 1. The summed E-state index contributed by atoms with van der Waals surface area (Å²) in [6.07, 6.45) is 3.42. The fourth-order valence-electron chi connectivity index (χ4n) is 2.08. The number of amides is 1. The van der Waals surface area contributed by atoms with Crippen LogP contribution in [0.5, 0.6) is 0 Å². The zero-order valence-electron chi connectivity index (χ0n) is 12.5. The minimum absolute atomic E-state index is 0.242. The molecule has 1 aliphatic heterocycles. The van der Waals surface area contributed by atoms with E-state index >= 15 is 0 Å². The number of aromatic nitrogens is 2. The van der Waals surface area contributed by atoms with Gasteiger partial charge in [0, 0.05) is 24.5 Å². The normalized spacial score (nSPS) is 19.4. The van der Waals surface area contributed by atoms with E-state index in [-0.39, 0.29) is 11.4 Å². The van der Waals surface area contributed by atoms with Crippen LogP contribution in [0.1, 0.15) is 33.6 Å². The summed E-state index contributed by atoms with van der Waals surface area (Å²) in [5, 5.41) is 1.39. The Balaban J connectivity index is 1.93. The van der Waals surface area contributed by atoms with Crippen LogP contribution < -0.4 is 0 Å². The molecule has 116 valence electrons. The molecule has 1 fully saturated rings. The third kappa shape index (κ3) is 5.36. The van der Waals surface area contributed by atoms with Gasteiger partial charge in [-0.25, -0.2) is 14.8 Å². The molecule has 0 aromatic carbocycles. The number of ether oxygens (including phenoxy) is 1. The van der Waals surface area contributed by atoms with E-state index in [4.69, 9.17) is 16.3 Å². The van der Waals surface area contributed by atoms with Crippen LogP contribution in [-0.2, 0) is 4.74 Å². The molecule has 0 radical (unpaired) electrons. The third-order valence-electron chi connectivity index (χ3n) is 2.92. The van der Waals surface area contributed by atoms with Crippen molar-refractivity contribution in [2.24, 2.45) is 0 Å². The second-order valence-electron chi connectivity index (χ2n) is 5.97. The van der Waals surface area contributed by atoms with Crippen molar-refractivity contribution in [3.05, 3.63) is 17.5 Å². The number of hydrogen-bond acceptors (Lipinski definition) is 5. The highest BCUT2D eigenvalue weighted by molar-refractivity contribution is 7.99. The topological polar surface area (TPSA) is 55.3 Å². The Kier molecular flexibility index (Phi) is 5.32. The van der Waals surface area contributed by atoms with Crippen molar-refractivity contribution in [2.45, 2.75) is 49.5 Å². The molecule has 1 aromatic rings. The molecule has 1 aliphatic rings. The Hall–Kier alpha value is -1.01. The van der Waals surface area contributed by atoms with E-state index in [0.717, 1.165) is 24.4 Å². The lowest BCUT2D eigenvalue weighted by Gasteiger charge is -2.33.